The van der Waals surface area contributed by atoms with Crippen LogP contribution in [0.1, 0.15) is 102 Å². The first-order chi connectivity index (χ1) is 14.8. The maximum absolute atomic E-state index is 9.18. The van der Waals surface area contributed by atoms with E-state index in [4.69, 9.17) is 0 Å². The van der Waals surface area contributed by atoms with Gasteiger partial charge < -0.3 is 10.0 Å². The van der Waals surface area contributed by atoms with Gasteiger partial charge in [0.15, 0.2) is 0 Å². The van der Waals surface area contributed by atoms with Gasteiger partial charge in [0, 0.05) is 31.9 Å². The lowest BCUT2D eigenvalue weighted by Gasteiger charge is -2.36. The lowest BCUT2D eigenvalue weighted by Crippen LogP contribution is -2.46. The molecule has 0 bridgehead atoms. The fourth-order valence-electron chi connectivity index (χ4n) is 4.57. The Morgan fingerprint density at radius 2 is 1.10 bits per heavy atom. The SMILES string of the molecule is CCCCCCCCCCCCCCCCN1CCN(c2ccc(CO)cc2)CC1. The van der Waals surface area contributed by atoms with E-state index in [1.165, 1.54) is 115 Å². The number of benzene rings is 1. The third-order valence-corrected chi connectivity index (χ3v) is 6.68. The van der Waals surface area contributed by atoms with Crippen molar-refractivity contribution in [3.63, 3.8) is 0 Å². The second-order valence-electron chi connectivity index (χ2n) is 9.25. The topological polar surface area (TPSA) is 26.7 Å². The van der Waals surface area contributed by atoms with Crippen molar-refractivity contribution >= 4 is 5.69 Å². The van der Waals surface area contributed by atoms with E-state index in [9.17, 15) is 5.11 Å². The van der Waals surface area contributed by atoms with Crippen molar-refractivity contribution in [2.24, 2.45) is 0 Å². The quantitative estimate of drug-likeness (QED) is 0.283. The fourth-order valence-corrected chi connectivity index (χ4v) is 4.57. The number of piperazine rings is 1. The summed E-state index contributed by atoms with van der Waals surface area (Å²) in [4.78, 5) is 5.11. The molecule has 1 aliphatic heterocycles. The van der Waals surface area contributed by atoms with E-state index in [0.717, 1.165) is 18.7 Å². The first-order valence-corrected chi connectivity index (χ1v) is 13.0. The molecule has 30 heavy (non-hydrogen) atoms. The maximum Gasteiger partial charge on any atom is 0.0681 e. The van der Waals surface area contributed by atoms with Crippen LogP contribution in [0.15, 0.2) is 24.3 Å². The van der Waals surface area contributed by atoms with Gasteiger partial charge in [-0.15, -0.1) is 0 Å². The van der Waals surface area contributed by atoms with Gasteiger partial charge in [0.1, 0.15) is 0 Å². The standard InChI is InChI=1S/C27H48N2O/c1-2-3-4-5-6-7-8-9-10-11-12-13-14-15-20-28-21-23-29(24-22-28)27-18-16-26(25-30)17-19-27/h16-19,30H,2-15,20-25H2,1H3. The molecule has 1 saturated heterocycles. The molecule has 1 heterocycles. The second-order valence-corrected chi connectivity index (χ2v) is 9.25. The summed E-state index contributed by atoms with van der Waals surface area (Å²) >= 11 is 0. The fraction of sp³-hybridized carbons (Fsp3) is 0.778. The van der Waals surface area contributed by atoms with Crippen LogP contribution in [-0.2, 0) is 6.61 Å². The van der Waals surface area contributed by atoms with Crippen LogP contribution in [0.3, 0.4) is 0 Å². The highest BCUT2D eigenvalue weighted by Crippen LogP contribution is 2.18. The van der Waals surface area contributed by atoms with Crippen LogP contribution in [0.25, 0.3) is 0 Å². The molecule has 0 aliphatic carbocycles. The van der Waals surface area contributed by atoms with Crippen LogP contribution in [0.5, 0.6) is 0 Å². The van der Waals surface area contributed by atoms with Crippen LogP contribution >= 0.6 is 0 Å². The molecule has 172 valence electrons. The Hall–Kier alpha value is -1.06. The molecule has 0 atom stereocenters. The first-order valence-electron chi connectivity index (χ1n) is 13.0. The van der Waals surface area contributed by atoms with Crippen molar-refractivity contribution in [2.45, 2.75) is 103 Å². The largest absolute Gasteiger partial charge is 0.392 e. The van der Waals surface area contributed by atoms with Gasteiger partial charge in [-0.1, -0.05) is 103 Å². The normalized spacial score (nSPS) is 15.1. The average molecular weight is 417 g/mol. The predicted octanol–water partition coefficient (Wildman–Crippen LogP) is 6.78. The van der Waals surface area contributed by atoms with Crippen molar-refractivity contribution in [3.05, 3.63) is 29.8 Å². The van der Waals surface area contributed by atoms with Crippen LogP contribution < -0.4 is 4.90 Å². The van der Waals surface area contributed by atoms with Gasteiger partial charge in [-0.3, -0.25) is 4.90 Å². The van der Waals surface area contributed by atoms with Gasteiger partial charge >= 0.3 is 0 Å². The van der Waals surface area contributed by atoms with E-state index in [2.05, 4.69) is 28.9 Å². The molecule has 3 heteroatoms. The Labute approximate surface area is 186 Å². The van der Waals surface area contributed by atoms with Crippen molar-refractivity contribution in [1.29, 1.82) is 0 Å². The van der Waals surface area contributed by atoms with Crippen LogP contribution in [0, 0.1) is 0 Å². The monoisotopic (exact) mass is 416 g/mol. The number of unbranched alkanes of at least 4 members (excludes halogenated alkanes) is 13. The lowest BCUT2D eigenvalue weighted by atomic mass is 10.0. The lowest BCUT2D eigenvalue weighted by molar-refractivity contribution is 0.252. The van der Waals surface area contributed by atoms with Gasteiger partial charge in [0.25, 0.3) is 0 Å². The van der Waals surface area contributed by atoms with Gasteiger partial charge in [-0.25, -0.2) is 0 Å². The molecule has 0 amide bonds. The van der Waals surface area contributed by atoms with E-state index in [-0.39, 0.29) is 6.61 Å². The number of aliphatic hydroxyl groups excluding tert-OH is 1. The average Bonchev–Trinajstić information content (AvgIpc) is 2.80. The molecule has 0 spiro atoms. The molecule has 1 aromatic carbocycles. The van der Waals surface area contributed by atoms with E-state index in [0.29, 0.717) is 0 Å². The van der Waals surface area contributed by atoms with Gasteiger partial charge in [-0.2, -0.15) is 0 Å². The van der Waals surface area contributed by atoms with E-state index < -0.39 is 0 Å². The second kappa shape index (κ2) is 16.6. The van der Waals surface area contributed by atoms with E-state index >= 15 is 0 Å². The minimum absolute atomic E-state index is 0.132. The van der Waals surface area contributed by atoms with Crippen molar-refractivity contribution in [3.8, 4) is 0 Å². The molecule has 3 nitrogen and oxygen atoms in total. The zero-order valence-corrected chi connectivity index (χ0v) is 19.8. The van der Waals surface area contributed by atoms with Gasteiger partial charge in [0.05, 0.1) is 6.61 Å². The summed E-state index contributed by atoms with van der Waals surface area (Å²) < 4.78 is 0. The number of hydrogen-bond donors (Lipinski definition) is 1. The van der Waals surface area contributed by atoms with Crippen LogP contribution in [0.2, 0.25) is 0 Å². The number of hydrogen-bond acceptors (Lipinski definition) is 3. The highest BCUT2D eigenvalue weighted by Gasteiger charge is 2.16. The summed E-state index contributed by atoms with van der Waals surface area (Å²) in [6.07, 6.45) is 20.1. The minimum Gasteiger partial charge on any atom is -0.392 e. The van der Waals surface area contributed by atoms with E-state index in [1.54, 1.807) is 0 Å². The van der Waals surface area contributed by atoms with Crippen LogP contribution in [-0.4, -0.2) is 42.7 Å². The number of aliphatic hydroxyl groups is 1. The zero-order chi connectivity index (χ0) is 21.3. The highest BCUT2D eigenvalue weighted by atomic mass is 16.3. The molecular formula is C27H48N2O. The first kappa shape index (κ1) is 25.2. The third kappa shape index (κ3) is 10.8. The number of rotatable bonds is 17. The molecule has 1 aromatic rings. The molecule has 1 fully saturated rings. The van der Waals surface area contributed by atoms with Gasteiger partial charge in [-0.05, 0) is 30.7 Å². The molecule has 1 N–H and O–H groups in total. The molecular weight excluding hydrogens is 368 g/mol. The Kier molecular flexibility index (Phi) is 14.0. The Balaban J connectivity index is 1.37. The maximum atomic E-state index is 9.18. The molecule has 0 unspecified atom stereocenters. The number of nitrogens with zero attached hydrogens (tertiary/aromatic N) is 2. The van der Waals surface area contributed by atoms with Gasteiger partial charge in [0.2, 0.25) is 0 Å². The minimum atomic E-state index is 0.132. The zero-order valence-electron chi connectivity index (χ0n) is 19.8. The van der Waals surface area contributed by atoms with Crippen molar-refractivity contribution in [1.82, 2.24) is 4.90 Å². The summed E-state index contributed by atoms with van der Waals surface area (Å²) in [5.41, 5.74) is 2.29. The molecule has 1 aliphatic rings. The Bertz CT molecular complexity index is 508. The summed E-state index contributed by atoms with van der Waals surface area (Å²) in [7, 11) is 0. The summed E-state index contributed by atoms with van der Waals surface area (Å²) in [5, 5.41) is 9.18. The summed E-state index contributed by atoms with van der Waals surface area (Å²) in [5.74, 6) is 0. The number of anilines is 1. The Morgan fingerprint density at radius 1 is 0.633 bits per heavy atom. The molecule has 0 saturated carbocycles. The molecule has 0 aromatic heterocycles. The molecule has 0 radical (unpaired) electrons. The smallest absolute Gasteiger partial charge is 0.0681 e. The Morgan fingerprint density at radius 3 is 1.57 bits per heavy atom. The molecule has 2 rings (SSSR count). The van der Waals surface area contributed by atoms with E-state index in [1.807, 2.05) is 12.1 Å². The summed E-state index contributed by atoms with van der Waals surface area (Å²) in [6, 6.07) is 8.37. The predicted molar refractivity (Wildman–Crippen MR) is 131 cm³/mol. The van der Waals surface area contributed by atoms with Crippen molar-refractivity contribution < 1.29 is 5.11 Å². The van der Waals surface area contributed by atoms with Crippen molar-refractivity contribution in [2.75, 3.05) is 37.6 Å². The van der Waals surface area contributed by atoms with Crippen LogP contribution in [0.4, 0.5) is 5.69 Å². The third-order valence-electron chi connectivity index (χ3n) is 6.68. The highest BCUT2D eigenvalue weighted by molar-refractivity contribution is 5.48. The summed E-state index contributed by atoms with van der Waals surface area (Å²) in [6.45, 7) is 8.31.